The lowest BCUT2D eigenvalue weighted by atomic mass is 9.85. The van der Waals surface area contributed by atoms with E-state index in [1.807, 2.05) is 6.07 Å². The Morgan fingerprint density at radius 2 is 1.84 bits per heavy atom. The third-order valence-corrected chi connectivity index (χ3v) is 7.62. The van der Waals surface area contributed by atoms with E-state index in [4.69, 9.17) is 14.0 Å². The summed E-state index contributed by atoms with van der Waals surface area (Å²) in [5, 5.41) is 33.2. The molecule has 2 N–H and O–H groups in total. The van der Waals surface area contributed by atoms with Crippen molar-refractivity contribution in [1.82, 2.24) is 20.2 Å². The van der Waals surface area contributed by atoms with Gasteiger partial charge in [-0.2, -0.15) is 0 Å². The summed E-state index contributed by atoms with van der Waals surface area (Å²) in [5.41, 5.74) is 0.898. The zero-order valence-electron chi connectivity index (χ0n) is 20.5. The van der Waals surface area contributed by atoms with Crippen LogP contribution >= 0.6 is 0 Å². The Morgan fingerprint density at radius 1 is 1.14 bits per heavy atom. The van der Waals surface area contributed by atoms with Gasteiger partial charge in [0, 0.05) is 30.6 Å². The van der Waals surface area contributed by atoms with Crippen molar-refractivity contribution in [2.45, 2.75) is 74.9 Å². The molecule has 3 aromatic rings. The molecule has 9 nitrogen and oxygen atoms in total. The summed E-state index contributed by atoms with van der Waals surface area (Å²) in [6.07, 6.45) is 2.37. The van der Waals surface area contributed by atoms with Crippen LogP contribution in [0.3, 0.4) is 0 Å². The molecule has 1 aliphatic carbocycles. The first-order chi connectivity index (χ1) is 17.7. The molecule has 37 heavy (non-hydrogen) atoms. The van der Waals surface area contributed by atoms with Gasteiger partial charge in [-0.3, -0.25) is 0 Å². The van der Waals surface area contributed by atoms with Crippen molar-refractivity contribution >= 4 is 0 Å². The maximum atomic E-state index is 13.8. The fraction of sp³-hybridized carbons (Fsp3) is 0.560. The molecule has 12 heteroatoms. The molecule has 0 radical (unpaired) electrons. The third-order valence-electron chi connectivity index (χ3n) is 7.62. The molecule has 1 aromatic carbocycles. The van der Waals surface area contributed by atoms with Crippen molar-refractivity contribution in [1.29, 1.82) is 0 Å². The minimum absolute atomic E-state index is 0.0250. The third kappa shape index (κ3) is 4.78. The molecule has 200 valence electrons. The van der Waals surface area contributed by atoms with Gasteiger partial charge in [-0.25, -0.2) is 17.9 Å². The maximum absolute atomic E-state index is 13.8. The lowest BCUT2D eigenvalue weighted by Crippen LogP contribution is -2.57. The van der Waals surface area contributed by atoms with Crippen LogP contribution in [0.4, 0.5) is 13.2 Å². The average molecular weight is 523 g/mol. The first kappa shape index (κ1) is 25.8. The molecular weight excluding hydrogens is 493 g/mol. The lowest BCUT2D eigenvalue weighted by molar-refractivity contribution is -0.212. The summed E-state index contributed by atoms with van der Waals surface area (Å²) in [7, 11) is 1.45. The normalized spacial score (nSPS) is 27.6. The standard InChI is InChI=1S/C25H29F3N4O5/c1-25(5-3-4-6-25)20-10-14(37-30-20)9-18-24(35-2)22(23(34)19(12-33)36-18)32-11-17(29-31-32)13-7-15(26)21(28)16(27)8-13/h7-8,10-11,18-19,22-24,33-34H,3-6,9,12H2,1-2H3/t18-,19-,22+,23+,24+/m1/s1. The number of halogens is 3. The Labute approximate surface area is 211 Å². The molecule has 1 saturated heterocycles. The number of benzene rings is 1. The molecule has 0 unspecified atom stereocenters. The van der Waals surface area contributed by atoms with Gasteiger partial charge < -0.3 is 24.2 Å². The Morgan fingerprint density at radius 3 is 2.49 bits per heavy atom. The second-order valence-electron chi connectivity index (χ2n) is 10.1. The predicted molar refractivity (Wildman–Crippen MR) is 123 cm³/mol. The maximum Gasteiger partial charge on any atom is 0.194 e. The van der Waals surface area contributed by atoms with Crippen molar-refractivity contribution in [3.63, 3.8) is 0 Å². The fourth-order valence-electron chi connectivity index (χ4n) is 5.49. The summed E-state index contributed by atoms with van der Waals surface area (Å²) in [4.78, 5) is 0. The van der Waals surface area contributed by atoms with E-state index in [-0.39, 0.29) is 23.1 Å². The minimum Gasteiger partial charge on any atom is -0.394 e. The number of nitrogens with zero attached hydrogens (tertiary/aromatic N) is 4. The van der Waals surface area contributed by atoms with Crippen LogP contribution in [0.25, 0.3) is 11.3 Å². The van der Waals surface area contributed by atoms with Gasteiger partial charge >= 0.3 is 0 Å². The van der Waals surface area contributed by atoms with Crippen LogP contribution < -0.4 is 0 Å². The number of aromatic nitrogens is 4. The first-order valence-electron chi connectivity index (χ1n) is 12.2. The highest BCUT2D eigenvalue weighted by Gasteiger charge is 2.47. The number of ether oxygens (including phenoxy) is 2. The average Bonchev–Trinajstić information content (AvgIpc) is 3.64. The van der Waals surface area contributed by atoms with Crippen molar-refractivity contribution in [2.24, 2.45) is 0 Å². The zero-order valence-corrected chi connectivity index (χ0v) is 20.5. The summed E-state index contributed by atoms with van der Waals surface area (Å²) in [6, 6.07) is 2.67. The number of hydrogen-bond donors (Lipinski definition) is 2. The van der Waals surface area contributed by atoms with Crippen molar-refractivity contribution in [2.75, 3.05) is 13.7 Å². The first-order valence-corrected chi connectivity index (χ1v) is 12.2. The second kappa shape index (κ2) is 10.2. The number of aliphatic hydroxyl groups is 2. The summed E-state index contributed by atoms with van der Waals surface area (Å²) < 4.78 is 59.5. The SMILES string of the molecule is CO[C@@H]1[C@@H](n2cc(-c3cc(F)c(F)c(F)c3)nn2)[C@@H](O)[C@@H](CO)O[C@@H]1Cc1cc(C2(C)CCCC2)no1. The Hall–Kier alpha value is -2.80. The second-order valence-corrected chi connectivity index (χ2v) is 10.1. The van der Waals surface area contributed by atoms with Crippen LogP contribution in [0.15, 0.2) is 28.9 Å². The van der Waals surface area contributed by atoms with Crippen molar-refractivity contribution in [3.8, 4) is 11.3 Å². The highest BCUT2D eigenvalue weighted by atomic mass is 19.2. The molecular formula is C25H29F3N4O5. The molecule has 0 bridgehead atoms. The van der Waals surface area contributed by atoms with Crippen LogP contribution in [0.1, 0.15) is 50.1 Å². The van der Waals surface area contributed by atoms with E-state index in [1.54, 1.807) is 0 Å². The topological polar surface area (TPSA) is 116 Å². The predicted octanol–water partition coefficient (Wildman–Crippen LogP) is 3.10. The van der Waals surface area contributed by atoms with Crippen LogP contribution in [-0.4, -0.2) is 68.5 Å². The van der Waals surface area contributed by atoms with Gasteiger partial charge in [-0.1, -0.05) is 30.1 Å². The van der Waals surface area contributed by atoms with E-state index in [0.717, 1.165) is 43.5 Å². The monoisotopic (exact) mass is 522 g/mol. The van der Waals surface area contributed by atoms with Crippen LogP contribution in [0.5, 0.6) is 0 Å². The van der Waals surface area contributed by atoms with Crippen LogP contribution in [0, 0.1) is 17.5 Å². The molecule has 5 rings (SSSR count). The molecule has 5 atom stereocenters. The van der Waals surface area contributed by atoms with Gasteiger partial charge in [0.1, 0.15) is 35.8 Å². The van der Waals surface area contributed by atoms with Gasteiger partial charge in [0.05, 0.1) is 24.6 Å². The van der Waals surface area contributed by atoms with Crippen LogP contribution in [0.2, 0.25) is 0 Å². The zero-order chi connectivity index (χ0) is 26.3. The number of aliphatic hydroxyl groups excluding tert-OH is 2. The van der Waals surface area contributed by atoms with Gasteiger partial charge in [0.15, 0.2) is 17.5 Å². The smallest absolute Gasteiger partial charge is 0.194 e. The molecule has 0 spiro atoms. The Balaban J connectivity index is 1.42. The van der Waals surface area contributed by atoms with Crippen LogP contribution in [-0.2, 0) is 21.3 Å². The van der Waals surface area contributed by atoms with Crippen molar-refractivity contribution < 1.29 is 37.4 Å². The summed E-state index contributed by atoms with van der Waals surface area (Å²) in [6.45, 7) is 1.70. The van der Waals surface area contributed by atoms with E-state index in [0.29, 0.717) is 5.76 Å². The van der Waals surface area contributed by atoms with E-state index < -0.39 is 54.5 Å². The molecule has 1 aliphatic heterocycles. The summed E-state index contributed by atoms with van der Waals surface area (Å²) in [5.74, 6) is -3.72. The Bertz CT molecular complexity index is 1220. The van der Waals surface area contributed by atoms with Crippen molar-refractivity contribution in [3.05, 3.63) is 53.3 Å². The molecule has 3 heterocycles. The van der Waals surface area contributed by atoms with E-state index in [1.165, 1.54) is 18.0 Å². The number of hydrogen-bond acceptors (Lipinski definition) is 8. The highest BCUT2D eigenvalue weighted by molar-refractivity contribution is 5.57. The quantitative estimate of drug-likeness (QED) is 0.455. The van der Waals surface area contributed by atoms with Gasteiger partial charge in [0.25, 0.3) is 0 Å². The largest absolute Gasteiger partial charge is 0.394 e. The fourth-order valence-corrected chi connectivity index (χ4v) is 5.49. The molecule has 1 saturated carbocycles. The van der Waals surface area contributed by atoms with E-state index >= 15 is 0 Å². The number of rotatable bonds is 7. The van der Waals surface area contributed by atoms with Gasteiger partial charge in [-0.15, -0.1) is 5.10 Å². The van der Waals surface area contributed by atoms with E-state index in [9.17, 15) is 23.4 Å². The number of methoxy groups -OCH3 is 1. The molecule has 2 fully saturated rings. The molecule has 2 aromatic heterocycles. The Kier molecular flexibility index (Phi) is 7.10. The van der Waals surface area contributed by atoms with Gasteiger partial charge in [0.2, 0.25) is 0 Å². The molecule has 0 amide bonds. The highest BCUT2D eigenvalue weighted by Crippen LogP contribution is 2.41. The minimum atomic E-state index is -1.58. The molecule has 2 aliphatic rings. The van der Waals surface area contributed by atoms with E-state index in [2.05, 4.69) is 22.4 Å². The lowest BCUT2D eigenvalue weighted by Gasteiger charge is -2.43. The van der Waals surface area contributed by atoms with Gasteiger partial charge in [-0.05, 0) is 25.0 Å². The summed E-state index contributed by atoms with van der Waals surface area (Å²) >= 11 is 0.